The van der Waals surface area contributed by atoms with Gasteiger partial charge in [0.1, 0.15) is 0 Å². The average Bonchev–Trinajstić information content (AvgIpc) is 3.36. The van der Waals surface area contributed by atoms with Crippen LogP contribution in [0.25, 0.3) is 0 Å². The van der Waals surface area contributed by atoms with Crippen molar-refractivity contribution in [3.8, 4) is 0 Å². The molecule has 0 aliphatic heterocycles. The van der Waals surface area contributed by atoms with E-state index in [-0.39, 0.29) is 22.3 Å². The van der Waals surface area contributed by atoms with Crippen molar-refractivity contribution in [3.05, 3.63) is 0 Å². The SMILES string of the molecule is CCC[CH2][Sn]([O]C(=O)C(CS)(CCCCCCC(C)C)CCCCCCC(C)C)([O]C(=O)C(CS)(CCCCCCC(C)C)CCCCCCC(C)C)[O]C(=O)C(CS)(CCCCCCC(C)C)CCCCCCC(C)C. The molecule has 0 saturated carbocycles. The van der Waals surface area contributed by atoms with E-state index in [1.807, 2.05) is 0 Å². The van der Waals surface area contributed by atoms with Gasteiger partial charge in [0.2, 0.25) is 0 Å². The topological polar surface area (TPSA) is 78.9 Å². The summed E-state index contributed by atoms with van der Waals surface area (Å²) in [4.78, 5) is 47.2. The first-order valence-electron chi connectivity index (χ1n) is 33.2. The Morgan fingerprint density at radius 1 is 0.312 bits per heavy atom. The first-order valence-corrected chi connectivity index (χ1v) is 40.6. The number of hydrogen-bond acceptors (Lipinski definition) is 9. The molecule has 0 aliphatic rings. The predicted molar refractivity (Wildman–Crippen MR) is 348 cm³/mol. The average molecular weight is 1250 g/mol. The third-order valence-corrected chi connectivity index (χ3v) is 25.7. The van der Waals surface area contributed by atoms with E-state index in [0.29, 0.717) is 97.7 Å². The maximum atomic E-state index is 15.7. The molecule has 77 heavy (non-hydrogen) atoms. The van der Waals surface area contributed by atoms with Crippen LogP contribution >= 0.6 is 37.9 Å². The maximum absolute atomic E-state index is 15.7. The number of carbonyl (C=O) groups is 3. The zero-order chi connectivity index (χ0) is 58.0. The molecule has 0 aromatic heterocycles. The van der Waals surface area contributed by atoms with Crippen LogP contribution in [0.3, 0.4) is 0 Å². The molecule has 0 spiro atoms. The molecule has 10 heteroatoms. The van der Waals surface area contributed by atoms with Gasteiger partial charge >= 0.3 is 506 Å². The summed E-state index contributed by atoms with van der Waals surface area (Å²) in [6, 6.07) is 0. The number of rotatable bonds is 54. The molecule has 458 valence electrons. The van der Waals surface area contributed by atoms with Crippen molar-refractivity contribution in [2.24, 2.45) is 51.8 Å². The minimum atomic E-state index is -5.61. The second-order valence-corrected chi connectivity index (χ2v) is 35.4. The summed E-state index contributed by atoms with van der Waals surface area (Å²) in [6.45, 7) is 29.5. The number of hydrogen-bond donors (Lipinski definition) is 3. The summed E-state index contributed by atoms with van der Waals surface area (Å²) < 4.78 is 21.7. The molecule has 0 atom stereocenters. The molecule has 0 heterocycles. The summed E-state index contributed by atoms with van der Waals surface area (Å²) in [5, 5.41) is 0. The summed E-state index contributed by atoms with van der Waals surface area (Å²) in [7, 11) is 0. The van der Waals surface area contributed by atoms with Gasteiger partial charge in [-0.05, 0) is 0 Å². The van der Waals surface area contributed by atoms with Crippen LogP contribution in [0.4, 0.5) is 0 Å². The van der Waals surface area contributed by atoms with Crippen molar-refractivity contribution in [1.29, 1.82) is 0 Å². The van der Waals surface area contributed by atoms with Gasteiger partial charge in [0.15, 0.2) is 0 Å². The fourth-order valence-corrected chi connectivity index (χ4v) is 20.3. The molecule has 0 aromatic carbocycles. The van der Waals surface area contributed by atoms with Crippen molar-refractivity contribution in [2.75, 3.05) is 17.3 Å². The Balaban J connectivity index is 7.81. The first-order chi connectivity index (χ1) is 36.6. The van der Waals surface area contributed by atoms with Crippen LogP contribution in [0, 0.1) is 51.8 Å². The van der Waals surface area contributed by atoms with E-state index < -0.39 is 35.9 Å². The fourth-order valence-electron chi connectivity index (χ4n) is 11.2. The van der Waals surface area contributed by atoms with E-state index in [9.17, 15) is 0 Å². The predicted octanol–water partition coefficient (Wildman–Crippen LogP) is 22.1. The van der Waals surface area contributed by atoms with Crippen LogP contribution in [0.1, 0.15) is 334 Å². The van der Waals surface area contributed by atoms with Crippen molar-refractivity contribution in [2.45, 2.75) is 338 Å². The Bertz CT molecular complexity index is 1210. The molecule has 0 N–H and O–H groups in total. The molecular weight excluding hydrogens is 1120 g/mol. The first kappa shape index (κ1) is 77.3. The van der Waals surface area contributed by atoms with Crippen molar-refractivity contribution >= 4 is 75.4 Å². The molecule has 0 fully saturated rings. The molecule has 0 aromatic rings. The minimum absolute atomic E-state index is 0.279. The van der Waals surface area contributed by atoms with Crippen molar-refractivity contribution in [1.82, 2.24) is 0 Å². The van der Waals surface area contributed by atoms with Crippen LogP contribution in [-0.2, 0) is 23.6 Å². The molecule has 0 aliphatic carbocycles. The standard InChI is InChI=1S/3C21H42O2S.C4H9.Sn/c3*1-18(2)13-9-5-7-11-15-21(17-24,20(22)23)16-12-8-6-10-14-19(3)4;1-3-4-2;/h3*18-19,24H,5-17H2,1-4H3,(H,22,23);1,3-4H2,2H3;/q;;;;+3/p-3. The van der Waals surface area contributed by atoms with Crippen LogP contribution in [-0.4, -0.2) is 54.8 Å². The second-order valence-electron chi connectivity index (χ2n) is 27.4. The van der Waals surface area contributed by atoms with Gasteiger partial charge in [0.25, 0.3) is 0 Å². The molecule has 6 nitrogen and oxygen atoms in total. The Labute approximate surface area is 502 Å². The molecule has 0 radical (unpaired) electrons. The zero-order valence-corrected chi connectivity index (χ0v) is 59.0. The Hall–Kier alpha value is 0.259. The van der Waals surface area contributed by atoms with E-state index in [4.69, 9.17) is 47.1 Å². The van der Waals surface area contributed by atoms with E-state index in [1.165, 1.54) is 77.0 Å². The molecule has 0 amide bonds. The number of carbonyl (C=O) groups excluding carboxylic acids is 3. The van der Waals surface area contributed by atoms with E-state index in [0.717, 1.165) is 122 Å². The number of thiol groups is 3. The molecular formula is C67H132O6S3Sn. The summed E-state index contributed by atoms with van der Waals surface area (Å²) in [5.41, 5.74) is -2.65. The molecule has 0 unspecified atom stereocenters. The van der Waals surface area contributed by atoms with Crippen LogP contribution in [0.15, 0.2) is 0 Å². The number of unbranched alkanes of at least 4 members (excludes halogenated alkanes) is 19. The Morgan fingerprint density at radius 2 is 0.494 bits per heavy atom. The van der Waals surface area contributed by atoms with Crippen LogP contribution < -0.4 is 0 Å². The summed E-state index contributed by atoms with van der Waals surface area (Å²) in [5.74, 6) is 3.95. The van der Waals surface area contributed by atoms with E-state index in [1.54, 1.807) is 0 Å². The second kappa shape index (κ2) is 46.6. The van der Waals surface area contributed by atoms with E-state index in [2.05, 4.69) is 90.0 Å². The third kappa shape index (κ3) is 36.6. The van der Waals surface area contributed by atoms with Gasteiger partial charge in [-0.1, -0.05) is 0 Å². The van der Waals surface area contributed by atoms with Gasteiger partial charge in [0.05, 0.1) is 0 Å². The van der Waals surface area contributed by atoms with Crippen molar-refractivity contribution in [3.63, 3.8) is 0 Å². The molecule has 0 bridgehead atoms. The monoisotopic (exact) mass is 1250 g/mol. The van der Waals surface area contributed by atoms with Gasteiger partial charge in [0, 0.05) is 0 Å². The summed E-state index contributed by atoms with van der Waals surface area (Å²) in [6.07, 6.45) is 38.0. The quantitative estimate of drug-likeness (QED) is 0.0320. The Morgan fingerprint density at radius 3 is 0.649 bits per heavy atom. The molecule has 0 saturated heterocycles. The molecule has 0 rings (SSSR count). The Kier molecular flexibility index (Phi) is 46.8. The van der Waals surface area contributed by atoms with Crippen molar-refractivity contribution < 1.29 is 23.6 Å². The zero-order valence-electron chi connectivity index (χ0n) is 53.5. The van der Waals surface area contributed by atoms with E-state index >= 15 is 14.4 Å². The van der Waals surface area contributed by atoms with Crippen LogP contribution in [0.5, 0.6) is 0 Å². The third-order valence-electron chi connectivity index (χ3n) is 16.9. The van der Waals surface area contributed by atoms with Gasteiger partial charge in [-0.25, -0.2) is 0 Å². The van der Waals surface area contributed by atoms with Gasteiger partial charge in [-0.3, -0.25) is 0 Å². The summed E-state index contributed by atoms with van der Waals surface area (Å²) >= 11 is 9.52. The van der Waals surface area contributed by atoms with Gasteiger partial charge in [-0.2, -0.15) is 0 Å². The normalized spacial score (nSPS) is 12.9. The fraction of sp³-hybridized carbons (Fsp3) is 0.955. The van der Waals surface area contributed by atoms with Gasteiger partial charge < -0.3 is 0 Å². The van der Waals surface area contributed by atoms with Gasteiger partial charge in [-0.15, -0.1) is 0 Å². The van der Waals surface area contributed by atoms with Crippen LogP contribution in [0.2, 0.25) is 4.44 Å².